The van der Waals surface area contributed by atoms with Crippen LogP contribution in [0, 0.1) is 5.92 Å². The molecule has 2 rings (SSSR count). The summed E-state index contributed by atoms with van der Waals surface area (Å²) >= 11 is 1.52. The van der Waals surface area contributed by atoms with Crippen molar-refractivity contribution in [3.05, 3.63) is 10.5 Å². The predicted octanol–water partition coefficient (Wildman–Crippen LogP) is 1.95. The van der Waals surface area contributed by atoms with E-state index in [4.69, 9.17) is 0 Å². The number of carbonyl (C=O) groups excluding carboxylic acids is 1. The van der Waals surface area contributed by atoms with Gasteiger partial charge in [0.2, 0.25) is 0 Å². The summed E-state index contributed by atoms with van der Waals surface area (Å²) in [4.78, 5) is 12.4. The molecule has 1 amide bonds. The molecule has 0 N–H and O–H groups in total. The quantitative estimate of drug-likeness (QED) is 0.573. The Morgan fingerprint density at radius 2 is 2.17 bits per heavy atom. The number of nitrogens with zero attached hydrogens (tertiary/aromatic N) is 3. The molecule has 0 fully saturated rings. The standard InChI is InChI=1S/C7H7N3OS/c1-3-4(2)12-7-5(3)6(11)8-10-9-7/h5H,1-2H3. The average molecular weight is 181 g/mol. The van der Waals surface area contributed by atoms with E-state index >= 15 is 0 Å². The number of hydrogen-bond acceptors (Lipinski definition) is 4. The fourth-order valence-electron chi connectivity index (χ4n) is 1.22. The maximum absolute atomic E-state index is 11.2. The topological polar surface area (TPSA) is 54.1 Å². The second kappa shape index (κ2) is 2.52. The molecule has 1 atom stereocenters. The van der Waals surface area contributed by atoms with E-state index in [9.17, 15) is 4.79 Å². The number of amides is 1. The molecule has 2 aliphatic rings. The molecular formula is C7H7N3OS. The minimum atomic E-state index is -0.229. The van der Waals surface area contributed by atoms with Crippen LogP contribution in [0.3, 0.4) is 0 Å². The lowest BCUT2D eigenvalue weighted by molar-refractivity contribution is -0.119. The summed E-state index contributed by atoms with van der Waals surface area (Å²) < 4.78 is 0. The molecule has 0 radical (unpaired) electrons. The summed E-state index contributed by atoms with van der Waals surface area (Å²) in [5.74, 6) is -0.422. The van der Waals surface area contributed by atoms with E-state index < -0.39 is 0 Å². The van der Waals surface area contributed by atoms with Crippen molar-refractivity contribution in [1.82, 2.24) is 0 Å². The van der Waals surface area contributed by atoms with E-state index in [1.54, 1.807) is 0 Å². The van der Waals surface area contributed by atoms with Crippen LogP contribution in [-0.4, -0.2) is 11.0 Å². The van der Waals surface area contributed by atoms with Gasteiger partial charge in [0.15, 0.2) is 0 Å². The van der Waals surface area contributed by atoms with E-state index in [1.165, 1.54) is 11.8 Å². The summed E-state index contributed by atoms with van der Waals surface area (Å²) in [5.41, 5.74) is 1.06. The van der Waals surface area contributed by atoms with Crippen LogP contribution in [0.5, 0.6) is 0 Å². The Hall–Kier alpha value is -0.970. The van der Waals surface area contributed by atoms with Crippen molar-refractivity contribution in [3.63, 3.8) is 0 Å². The van der Waals surface area contributed by atoms with Crippen molar-refractivity contribution in [2.75, 3.05) is 0 Å². The minimum absolute atomic E-state index is 0.193. The van der Waals surface area contributed by atoms with Gasteiger partial charge in [-0.2, -0.15) is 0 Å². The molecule has 12 heavy (non-hydrogen) atoms. The van der Waals surface area contributed by atoms with Crippen LogP contribution in [0.1, 0.15) is 13.8 Å². The first-order chi connectivity index (χ1) is 5.70. The Morgan fingerprint density at radius 1 is 1.42 bits per heavy atom. The van der Waals surface area contributed by atoms with Gasteiger partial charge in [0.1, 0.15) is 11.0 Å². The summed E-state index contributed by atoms with van der Waals surface area (Å²) in [6, 6.07) is 0. The number of carbonyl (C=O) groups is 1. The molecule has 0 saturated carbocycles. The third-order valence-corrected chi connectivity index (χ3v) is 3.18. The molecule has 4 nitrogen and oxygen atoms in total. The number of hydrogen-bond donors (Lipinski definition) is 0. The number of rotatable bonds is 0. The zero-order valence-corrected chi connectivity index (χ0v) is 7.55. The van der Waals surface area contributed by atoms with Gasteiger partial charge in [0.25, 0.3) is 5.91 Å². The number of fused-ring (bicyclic) bond motifs is 1. The van der Waals surface area contributed by atoms with E-state index in [1.807, 2.05) is 13.8 Å². The van der Waals surface area contributed by atoms with E-state index in [2.05, 4.69) is 15.4 Å². The Balaban J connectivity index is 2.45. The second-order valence-corrected chi connectivity index (χ2v) is 3.97. The maximum Gasteiger partial charge on any atom is 0.280 e. The molecule has 0 aromatic heterocycles. The average Bonchev–Trinajstić information content (AvgIpc) is 2.29. The SMILES string of the molecule is CC1=C(C)C2C(=O)N=NN=C2S1. The molecule has 2 heterocycles. The van der Waals surface area contributed by atoms with Crippen molar-refractivity contribution < 1.29 is 4.79 Å². The van der Waals surface area contributed by atoms with Gasteiger partial charge in [0.05, 0.1) is 0 Å². The first-order valence-electron chi connectivity index (χ1n) is 3.58. The highest BCUT2D eigenvalue weighted by Gasteiger charge is 2.35. The van der Waals surface area contributed by atoms with Gasteiger partial charge in [-0.05, 0) is 29.5 Å². The lowest BCUT2D eigenvalue weighted by Crippen LogP contribution is -2.19. The first-order valence-corrected chi connectivity index (χ1v) is 4.39. The van der Waals surface area contributed by atoms with E-state index in [0.717, 1.165) is 15.5 Å². The molecule has 0 saturated heterocycles. The number of thioether (sulfide) groups is 1. The van der Waals surface area contributed by atoms with Gasteiger partial charge in [-0.25, -0.2) is 0 Å². The second-order valence-electron chi connectivity index (χ2n) is 2.74. The molecule has 1 unspecified atom stereocenters. The molecule has 62 valence electrons. The van der Waals surface area contributed by atoms with Gasteiger partial charge < -0.3 is 0 Å². The Labute approximate surface area is 73.8 Å². The van der Waals surface area contributed by atoms with Crippen molar-refractivity contribution in [2.45, 2.75) is 13.8 Å². The zero-order valence-electron chi connectivity index (χ0n) is 6.74. The van der Waals surface area contributed by atoms with Crippen LogP contribution >= 0.6 is 11.8 Å². The molecular weight excluding hydrogens is 174 g/mol. The summed E-state index contributed by atoms with van der Waals surface area (Å²) in [6.45, 7) is 3.92. The van der Waals surface area contributed by atoms with Crippen molar-refractivity contribution in [2.24, 2.45) is 21.4 Å². The summed E-state index contributed by atoms with van der Waals surface area (Å²) in [6.07, 6.45) is 0. The first kappa shape index (κ1) is 7.67. The molecule has 0 bridgehead atoms. The summed E-state index contributed by atoms with van der Waals surface area (Å²) in [7, 11) is 0. The highest BCUT2D eigenvalue weighted by Crippen LogP contribution is 2.39. The van der Waals surface area contributed by atoms with Gasteiger partial charge in [-0.15, -0.1) is 5.10 Å². The Kier molecular flexibility index (Phi) is 1.61. The van der Waals surface area contributed by atoms with Gasteiger partial charge in [-0.1, -0.05) is 16.9 Å². The lowest BCUT2D eigenvalue weighted by atomic mass is 10.0. The van der Waals surface area contributed by atoms with Crippen LogP contribution in [-0.2, 0) is 4.79 Å². The zero-order chi connectivity index (χ0) is 8.72. The molecule has 0 aliphatic carbocycles. The van der Waals surface area contributed by atoms with Crippen LogP contribution < -0.4 is 0 Å². The van der Waals surface area contributed by atoms with Crippen LogP contribution in [0.2, 0.25) is 0 Å². The highest BCUT2D eigenvalue weighted by molar-refractivity contribution is 8.17. The summed E-state index contributed by atoms with van der Waals surface area (Å²) in [5, 5.41) is 11.4. The largest absolute Gasteiger partial charge is 0.280 e. The fourth-order valence-corrected chi connectivity index (χ4v) is 2.29. The Morgan fingerprint density at radius 3 is 2.83 bits per heavy atom. The van der Waals surface area contributed by atoms with Gasteiger partial charge in [-0.3, -0.25) is 4.79 Å². The number of allylic oxidation sites excluding steroid dienone is 1. The van der Waals surface area contributed by atoms with Crippen molar-refractivity contribution >= 4 is 22.7 Å². The van der Waals surface area contributed by atoms with Crippen LogP contribution in [0.25, 0.3) is 0 Å². The highest BCUT2D eigenvalue weighted by atomic mass is 32.2. The predicted molar refractivity (Wildman–Crippen MR) is 46.8 cm³/mol. The third kappa shape index (κ3) is 0.929. The van der Waals surface area contributed by atoms with E-state index in [-0.39, 0.29) is 11.8 Å². The monoisotopic (exact) mass is 181 g/mol. The molecule has 0 aromatic carbocycles. The molecule has 0 spiro atoms. The van der Waals surface area contributed by atoms with Gasteiger partial charge in [0, 0.05) is 0 Å². The smallest absolute Gasteiger partial charge is 0.270 e. The van der Waals surface area contributed by atoms with Crippen LogP contribution in [0.4, 0.5) is 0 Å². The fraction of sp³-hybridized carbons (Fsp3) is 0.429. The van der Waals surface area contributed by atoms with Gasteiger partial charge >= 0.3 is 0 Å². The van der Waals surface area contributed by atoms with Crippen molar-refractivity contribution in [1.29, 1.82) is 0 Å². The molecule has 0 aromatic rings. The minimum Gasteiger partial charge on any atom is -0.270 e. The molecule has 2 aliphatic heterocycles. The van der Waals surface area contributed by atoms with Crippen molar-refractivity contribution in [3.8, 4) is 0 Å². The normalized spacial score (nSPS) is 27.7. The van der Waals surface area contributed by atoms with Crippen LogP contribution in [0.15, 0.2) is 25.9 Å². The lowest BCUT2D eigenvalue weighted by Gasteiger charge is -2.08. The maximum atomic E-state index is 11.2. The van der Waals surface area contributed by atoms with E-state index in [0.29, 0.717) is 0 Å². The third-order valence-electron chi connectivity index (χ3n) is 2.03. The molecule has 5 heteroatoms. The Bertz CT molecular complexity index is 343.